The topological polar surface area (TPSA) is 67.6 Å². The van der Waals surface area contributed by atoms with Gasteiger partial charge in [0, 0.05) is 31.8 Å². The molecule has 1 aromatic rings. The molecule has 0 spiro atoms. The average molecular weight is 348 g/mol. The van der Waals surface area contributed by atoms with E-state index in [0.29, 0.717) is 31.9 Å². The molecule has 2 rings (SSSR count). The van der Waals surface area contributed by atoms with Crippen molar-refractivity contribution >= 4 is 27.3 Å². The zero-order chi connectivity index (χ0) is 14.7. The summed E-state index contributed by atoms with van der Waals surface area (Å²) in [7, 11) is 1.81. The zero-order valence-corrected chi connectivity index (χ0v) is 12.5. The third-order valence-corrected chi connectivity index (χ3v) is 3.73. The van der Waals surface area contributed by atoms with Crippen LogP contribution >= 0.6 is 15.9 Å². The van der Waals surface area contributed by atoms with E-state index in [2.05, 4.69) is 21.2 Å². The van der Waals surface area contributed by atoms with Crippen LogP contribution in [-0.4, -0.2) is 44.3 Å². The number of hydrogen-bond acceptors (Lipinski definition) is 5. The third-order valence-electron chi connectivity index (χ3n) is 3.13. The second kappa shape index (κ2) is 6.47. The Morgan fingerprint density at radius 1 is 1.65 bits per heavy atom. The van der Waals surface area contributed by atoms with Crippen molar-refractivity contribution in [3.63, 3.8) is 0 Å². The van der Waals surface area contributed by atoms with Crippen molar-refractivity contribution in [3.8, 4) is 0 Å². The molecule has 1 fully saturated rings. The second-order valence-corrected chi connectivity index (χ2v) is 5.36. The monoisotopic (exact) mass is 347 g/mol. The molecule has 1 aliphatic rings. The molecule has 1 atom stereocenters. The van der Waals surface area contributed by atoms with Gasteiger partial charge in [0.25, 0.3) is 5.69 Å². The van der Waals surface area contributed by atoms with E-state index >= 15 is 0 Å². The Bertz CT molecular complexity index is 513. The summed E-state index contributed by atoms with van der Waals surface area (Å²) in [4.78, 5) is 12.4. The van der Waals surface area contributed by atoms with Gasteiger partial charge in [0.05, 0.1) is 22.1 Å². The highest BCUT2D eigenvalue weighted by molar-refractivity contribution is 9.10. The van der Waals surface area contributed by atoms with E-state index in [-0.39, 0.29) is 16.3 Å². The predicted octanol–water partition coefficient (Wildman–Crippen LogP) is 1.92. The van der Waals surface area contributed by atoms with Gasteiger partial charge in [0.1, 0.15) is 11.5 Å². The summed E-state index contributed by atoms with van der Waals surface area (Å²) in [5.41, 5.74) is 0.184. The molecule has 0 aromatic heterocycles. The first kappa shape index (κ1) is 15.1. The fraction of sp³-hybridized carbons (Fsp3) is 0.500. The van der Waals surface area contributed by atoms with Crippen LogP contribution in [0.15, 0.2) is 16.6 Å². The van der Waals surface area contributed by atoms with E-state index < -0.39 is 10.7 Å². The maximum absolute atomic E-state index is 13.7. The largest absolute Gasteiger partial charge is 0.373 e. The number of hydrogen-bond donors (Lipinski definition) is 1. The highest BCUT2D eigenvalue weighted by Crippen LogP contribution is 2.34. The number of nitro benzene ring substituents is 1. The molecular formula is C12H15BrFN3O3. The second-order valence-electron chi connectivity index (χ2n) is 4.51. The molecule has 0 aliphatic carbocycles. The number of ether oxygens (including phenoxy) is 1. The molecule has 1 N–H and O–H groups in total. The standard InChI is InChI=1S/C12H15BrFN3O3/c1-15-6-8-7-16(2-3-20-8)11-5-10(14)9(13)4-12(11)17(18)19/h4-5,8,15H,2-3,6-7H2,1H3. The van der Waals surface area contributed by atoms with E-state index in [1.54, 1.807) is 4.90 Å². The molecule has 1 unspecified atom stereocenters. The van der Waals surface area contributed by atoms with Gasteiger partial charge in [-0.1, -0.05) is 0 Å². The van der Waals surface area contributed by atoms with Crippen molar-refractivity contribution in [3.05, 3.63) is 32.5 Å². The number of benzene rings is 1. The number of morpholine rings is 1. The van der Waals surface area contributed by atoms with E-state index in [0.717, 1.165) is 0 Å². The smallest absolute Gasteiger partial charge is 0.293 e. The Hall–Kier alpha value is -1.25. The van der Waals surface area contributed by atoms with Crippen molar-refractivity contribution in [2.75, 3.05) is 38.2 Å². The molecule has 1 aromatic carbocycles. The number of nitrogens with zero attached hydrogens (tertiary/aromatic N) is 2. The van der Waals surface area contributed by atoms with Crippen LogP contribution in [0, 0.1) is 15.9 Å². The third kappa shape index (κ3) is 3.25. The minimum atomic E-state index is -0.512. The van der Waals surface area contributed by atoms with Crippen LogP contribution in [0.4, 0.5) is 15.8 Å². The molecule has 110 valence electrons. The molecule has 0 radical (unpaired) electrons. The van der Waals surface area contributed by atoms with Gasteiger partial charge in [-0.25, -0.2) is 4.39 Å². The van der Waals surface area contributed by atoms with Gasteiger partial charge in [0.2, 0.25) is 0 Å². The van der Waals surface area contributed by atoms with Crippen molar-refractivity contribution in [2.24, 2.45) is 0 Å². The number of anilines is 1. The SMILES string of the molecule is CNCC1CN(c2cc(F)c(Br)cc2[N+](=O)[O-])CCO1. The van der Waals surface area contributed by atoms with Gasteiger partial charge in [0.15, 0.2) is 0 Å². The first-order valence-corrected chi connectivity index (χ1v) is 6.96. The lowest BCUT2D eigenvalue weighted by Gasteiger charge is -2.34. The minimum absolute atomic E-state index is 0.0694. The fourth-order valence-electron chi connectivity index (χ4n) is 2.21. The number of halogens is 2. The van der Waals surface area contributed by atoms with E-state index in [4.69, 9.17) is 4.74 Å². The van der Waals surface area contributed by atoms with Crippen molar-refractivity contribution in [1.29, 1.82) is 0 Å². The summed E-state index contributed by atoms with van der Waals surface area (Å²) in [5.74, 6) is -0.512. The van der Waals surface area contributed by atoms with Crippen LogP contribution in [0.3, 0.4) is 0 Å². The molecule has 0 amide bonds. The number of nitrogens with one attached hydrogen (secondary N) is 1. The summed E-state index contributed by atoms with van der Waals surface area (Å²) in [5, 5.41) is 14.1. The summed E-state index contributed by atoms with van der Waals surface area (Å²) >= 11 is 2.98. The van der Waals surface area contributed by atoms with Crippen LogP contribution in [-0.2, 0) is 4.74 Å². The lowest BCUT2D eigenvalue weighted by Crippen LogP contribution is -2.46. The minimum Gasteiger partial charge on any atom is -0.373 e. The normalized spacial score (nSPS) is 19.1. The van der Waals surface area contributed by atoms with Crippen molar-refractivity contribution in [2.45, 2.75) is 6.10 Å². The lowest BCUT2D eigenvalue weighted by molar-refractivity contribution is -0.384. The van der Waals surface area contributed by atoms with Crippen LogP contribution in [0.1, 0.15) is 0 Å². The average Bonchev–Trinajstić information content (AvgIpc) is 2.42. The highest BCUT2D eigenvalue weighted by atomic mass is 79.9. The van der Waals surface area contributed by atoms with Gasteiger partial charge in [-0.3, -0.25) is 10.1 Å². The van der Waals surface area contributed by atoms with Gasteiger partial charge in [-0.15, -0.1) is 0 Å². The van der Waals surface area contributed by atoms with Crippen molar-refractivity contribution in [1.82, 2.24) is 5.32 Å². The molecule has 8 heteroatoms. The van der Waals surface area contributed by atoms with Gasteiger partial charge in [-0.05, 0) is 23.0 Å². The molecule has 0 bridgehead atoms. The Kier molecular flexibility index (Phi) is 4.90. The van der Waals surface area contributed by atoms with E-state index in [1.165, 1.54) is 12.1 Å². The summed E-state index contributed by atoms with van der Waals surface area (Å²) in [6.45, 7) is 2.09. The molecular weight excluding hydrogens is 333 g/mol. The van der Waals surface area contributed by atoms with Crippen LogP contribution in [0.2, 0.25) is 0 Å². The van der Waals surface area contributed by atoms with E-state index in [9.17, 15) is 14.5 Å². The Labute approximate surface area is 124 Å². The van der Waals surface area contributed by atoms with Crippen LogP contribution in [0.5, 0.6) is 0 Å². The van der Waals surface area contributed by atoms with Gasteiger partial charge < -0.3 is 15.0 Å². The Morgan fingerprint density at radius 3 is 3.05 bits per heavy atom. The summed E-state index contributed by atoms with van der Waals surface area (Å²) in [6.07, 6.45) is -0.0694. The fourth-order valence-corrected chi connectivity index (χ4v) is 2.55. The highest BCUT2D eigenvalue weighted by Gasteiger charge is 2.27. The van der Waals surface area contributed by atoms with Gasteiger partial charge >= 0.3 is 0 Å². The maximum atomic E-state index is 13.7. The molecule has 20 heavy (non-hydrogen) atoms. The first-order valence-electron chi connectivity index (χ1n) is 6.17. The predicted molar refractivity (Wildman–Crippen MR) is 76.6 cm³/mol. The first-order chi connectivity index (χ1) is 9.52. The number of nitro groups is 1. The number of rotatable bonds is 4. The van der Waals surface area contributed by atoms with Crippen LogP contribution < -0.4 is 10.2 Å². The molecule has 0 saturated carbocycles. The summed E-state index contributed by atoms with van der Waals surface area (Å²) in [6, 6.07) is 2.40. The Balaban J connectivity index is 2.31. The van der Waals surface area contributed by atoms with E-state index in [1.807, 2.05) is 7.05 Å². The molecule has 1 heterocycles. The molecule has 6 nitrogen and oxygen atoms in total. The molecule has 1 saturated heterocycles. The quantitative estimate of drug-likeness (QED) is 0.665. The zero-order valence-electron chi connectivity index (χ0n) is 10.9. The summed E-state index contributed by atoms with van der Waals surface area (Å²) < 4.78 is 19.3. The molecule has 1 aliphatic heterocycles. The number of likely N-dealkylation sites (N-methyl/N-ethyl adjacent to an activating group) is 1. The van der Waals surface area contributed by atoms with Crippen molar-refractivity contribution < 1.29 is 14.1 Å². The maximum Gasteiger partial charge on any atom is 0.293 e. The lowest BCUT2D eigenvalue weighted by atomic mass is 10.2. The van der Waals surface area contributed by atoms with Gasteiger partial charge in [-0.2, -0.15) is 0 Å². The Morgan fingerprint density at radius 2 is 2.40 bits per heavy atom. The van der Waals surface area contributed by atoms with Crippen LogP contribution in [0.25, 0.3) is 0 Å².